The summed E-state index contributed by atoms with van der Waals surface area (Å²) in [5.74, 6) is -1.52. The molecule has 0 saturated carbocycles. The van der Waals surface area contributed by atoms with Crippen LogP contribution in [0.25, 0.3) is 0 Å². The number of hydrogen-bond donors (Lipinski definition) is 1. The maximum atomic E-state index is 13.9. The fourth-order valence-corrected chi connectivity index (χ4v) is 2.86. The number of piperazine rings is 1. The van der Waals surface area contributed by atoms with Gasteiger partial charge in [0.2, 0.25) is 0 Å². The molecule has 1 fully saturated rings. The Hall–Kier alpha value is -1.04. The molecule has 1 atom stereocenters. The van der Waals surface area contributed by atoms with Crippen molar-refractivity contribution in [3.63, 3.8) is 0 Å². The van der Waals surface area contributed by atoms with E-state index in [9.17, 15) is 8.78 Å². The van der Waals surface area contributed by atoms with Gasteiger partial charge in [-0.25, -0.2) is 8.78 Å². The minimum atomic E-state index is -0.780. The van der Waals surface area contributed by atoms with E-state index in [1.807, 2.05) is 0 Å². The Morgan fingerprint density at radius 2 is 1.81 bits per heavy atom. The van der Waals surface area contributed by atoms with E-state index in [0.717, 1.165) is 32.2 Å². The second-order valence-electron chi connectivity index (χ2n) is 5.91. The Labute approximate surface area is 125 Å². The predicted molar refractivity (Wildman–Crippen MR) is 81.3 cm³/mol. The number of nitrogens with one attached hydrogen (secondary N) is 1. The van der Waals surface area contributed by atoms with Crippen LogP contribution in [-0.2, 0) is 0 Å². The number of nitrogens with zero attached hydrogens (tertiary/aromatic N) is 2. The van der Waals surface area contributed by atoms with E-state index in [4.69, 9.17) is 0 Å². The first kappa shape index (κ1) is 16.3. The Balaban J connectivity index is 1.99. The zero-order valence-corrected chi connectivity index (χ0v) is 13.1. The van der Waals surface area contributed by atoms with Crippen molar-refractivity contribution in [2.24, 2.45) is 0 Å². The van der Waals surface area contributed by atoms with Gasteiger partial charge in [0, 0.05) is 50.4 Å². The van der Waals surface area contributed by atoms with E-state index >= 15 is 0 Å². The summed E-state index contributed by atoms with van der Waals surface area (Å²) < 4.78 is 27.3. The largest absolute Gasteiger partial charge is 0.312 e. The lowest BCUT2D eigenvalue weighted by atomic mass is 10.0. The number of benzene rings is 1. The molecule has 0 bridgehead atoms. The highest BCUT2D eigenvalue weighted by Gasteiger charge is 2.23. The maximum absolute atomic E-state index is 13.9. The topological polar surface area (TPSA) is 18.5 Å². The zero-order chi connectivity index (χ0) is 15.4. The van der Waals surface area contributed by atoms with Crippen molar-refractivity contribution in [1.82, 2.24) is 15.1 Å². The van der Waals surface area contributed by atoms with Crippen LogP contribution in [0.4, 0.5) is 8.78 Å². The molecule has 1 heterocycles. The third-order valence-electron chi connectivity index (χ3n) is 4.28. The fourth-order valence-electron chi connectivity index (χ4n) is 2.86. The normalized spacial score (nSPS) is 19.1. The van der Waals surface area contributed by atoms with E-state index in [-0.39, 0.29) is 6.04 Å². The van der Waals surface area contributed by atoms with Crippen LogP contribution in [0.3, 0.4) is 0 Å². The van der Waals surface area contributed by atoms with E-state index in [1.54, 1.807) is 19.2 Å². The van der Waals surface area contributed by atoms with Gasteiger partial charge in [-0.15, -0.1) is 0 Å². The molecule has 1 unspecified atom stereocenters. The molecule has 0 aliphatic carbocycles. The number of hydrogen-bond acceptors (Lipinski definition) is 3. The lowest BCUT2D eigenvalue weighted by Crippen LogP contribution is -2.50. The van der Waals surface area contributed by atoms with Crippen LogP contribution in [0.2, 0.25) is 0 Å². The highest BCUT2D eigenvalue weighted by atomic mass is 19.2. The summed E-state index contributed by atoms with van der Waals surface area (Å²) in [5, 5.41) is 3.11. The summed E-state index contributed by atoms with van der Waals surface area (Å²) in [5.41, 5.74) is 0.406. The van der Waals surface area contributed by atoms with Crippen molar-refractivity contribution in [2.45, 2.75) is 25.9 Å². The molecule has 1 aliphatic rings. The standard InChI is InChI=1S/C16H25F2N3/c1-12(2)21-9-7-20(8-10-21)11-15(19-3)13-5-4-6-14(17)16(13)18/h4-6,12,15,19H,7-11H2,1-3H3. The molecule has 118 valence electrons. The number of likely N-dealkylation sites (N-methyl/N-ethyl adjacent to an activating group) is 1. The molecule has 3 nitrogen and oxygen atoms in total. The van der Waals surface area contributed by atoms with Gasteiger partial charge in [-0.3, -0.25) is 9.80 Å². The summed E-state index contributed by atoms with van der Waals surface area (Å²) in [6, 6.07) is 4.75. The third-order valence-corrected chi connectivity index (χ3v) is 4.28. The van der Waals surface area contributed by atoms with Gasteiger partial charge in [-0.2, -0.15) is 0 Å². The van der Waals surface area contributed by atoms with Gasteiger partial charge >= 0.3 is 0 Å². The second kappa shape index (κ2) is 7.29. The quantitative estimate of drug-likeness (QED) is 0.899. The molecule has 1 aromatic rings. The van der Waals surface area contributed by atoms with Gasteiger partial charge in [0.25, 0.3) is 0 Å². The SMILES string of the molecule is CNC(CN1CCN(C(C)C)CC1)c1cccc(F)c1F. The highest BCUT2D eigenvalue weighted by molar-refractivity contribution is 5.23. The fraction of sp³-hybridized carbons (Fsp3) is 0.625. The van der Waals surface area contributed by atoms with Crippen molar-refractivity contribution in [2.75, 3.05) is 39.8 Å². The monoisotopic (exact) mass is 297 g/mol. The average Bonchev–Trinajstić information content (AvgIpc) is 2.48. The molecule has 1 aliphatic heterocycles. The minimum Gasteiger partial charge on any atom is -0.312 e. The van der Waals surface area contributed by atoms with Crippen LogP contribution in [0, 0.1) is 11.6 Å². The smallest absolute Gasteiger partial charge is 0.163 e. The zero-order valence-electron chi connectivity index (χ0n) is 13.1. The Morgan fingerprint density at radius 1 is 1.14 bits per heavy atom. The van der Waals surface area contributed by atoms with Crippen LogP contribution >= 0.6 is 0 Å². The Bertz CT molecular complexity index is 457. The first-order chi connectivity index (χ1) is 10.0. The second-order valence-corrected chi connectivity index (χ2v) is 5.91. The van der Waals surface area contributed by atoms with Crippen LogP contribution in [0.15, 0.2) is 18.2 Å². The van der Waals surface area contributed by atoms with Crippen LogP contribution < -0.4 is 5.32 Å². The first-order valence-corrected chi connectivity index (χ1v) is 7.60. The molecule has 0 aromatic heterocycles. The molecule has 1 aromatic carbocycles. The Morgan fingerprint density at radius 3 is 2.38 bits per heavy atom. The summed E-state index contributed by atoms with van der Waals surface area (Å²) >= 11 is 0. The lowest BCUT2D eigenvalue weighted by Gasteiger charge is -2.38. The average molecular weight is 297 g/mol. The van der Waals surface area contributed by atoms with Crippen molar-refractivity contribution in [3.8, 4) is 0 Å². The van der Waals surface area contributed by atoms with Gasteiger partial charge in [0.15, 0.2) is 11.6 Å². The maximum Gasteiger partial charge on any atom is 0.163 e. The van der Waals surface area contributed by atoms with Crippen LogP contribution in [0.5, 0.6) is 0 Å². The molecule has 21 heavy (non-hydrogen) atoms. The molecule has 0 spiro atoms. The van der Waals surface area contributed by atoms with Crippen molar-refractivity contribution < 1.29 is 8.78 Å². The van der Waals surface area contributed by atoms with Gasteiger partial charge in [0.05, 0.1) is 0 Å². The minimum absolute atomic E-state index is 0.189. The molecule has 0 radical (unpaired) electrons. The molecule has 0 amide bonds. The van der Waals surface area contributed by atoms with Crippen LogP contribution in [0.1, 0.15) is 25.5 Å². The van der Waals surface area contributed by atoms with Gasteiger partial charge in [-0.05, 0) is 27.0 Å². The van der Waals surface area contributed by atoms with Gasteiger partial charge in [0.1, 0.15) is 0 Å². The molecular formula is C16H25F2N3. The van der Waals surface area contributed by atoms with E-state index in [0.29, 0.717) is 18.2 Å². The highest BCUT2D eigenvalue weighted by Crippen LogP contribution is 2.21. The first-order valence-electron chi connectivity index (χ1n) is 7.60. The van der Waals surface area contributed by atoms with Crippen molar-refractivity contribution >= 4 is 0 Å². The summed E-state index contributed by atoms with van der Waals surface area (Å²) in [7, 11) is 1.79. The lowest BCUT2D eigenvalue weighted by molar-refractivity contribution is 0.101. The van der Waals surface area contributed by atoms with Crippen LogP contribution in [-0.4, -0.2) is 55.6 Å². The van der Waals surface area contributed by atoms with Gasteiger partial charge in [-0.1, -0.05) is 12.1 Å². The summed E-state index contributed by atoms with van der Waals surface area (Å²) in [4.78, 5) is 4.75. The number of rotatable bonds is 5. The van der Waals surface area contributed by atoms with Gasteiger partial charge < -0.3 is 5.32 Å². The van der Waals surface area contributed by atoms with E-state index < -0.39 is 11.6 Å². The predicted octanol–water partition coefficient (Wildman–Crippen LogP) is 2.25. The molecule has 2 rings (SSSR count). The van der Waals surface area contributed by atoms with E-state index in [2.05, 4.69) is 29.0 Å². The molecular weight excluding hydrogens is 272 g/mol. The molecule has 5 heteroatoms. The van der Waals surface area contributed by atoms with Crippen molar-refractivity contribution in [1.29, 1.82) is 0 Å². The molecule has 1 N–H and O–H groups in total. The van der Waals surface area contributed by atoms with E-state index in [1.165, 1.54) is 0 Å². The Kier molecular flexibility index (Phi) is 5.67. The summed E-state index contributed by atoms with van der Waals surface area (Å²) in [6.07, 6.45) is 0. The molecule has 1 saturated heterocycles. The summed E-state index contributed by atoms with van der Waals surface area (Å²) in [6.45, 7) is 9.09. The number of halogens is 2. The van der Waals surface area contributed by atoms with Crippen molar-refractivity contribution in [3.05, 3.63) is 35.4 Å². The third kappa shape index (κ3) is 3.99.